The fourth-order valence-electron chi connectivity index (χ4n) is 5.16. The molecule has 7 heteroatoms. The molecule has 0 bridgehead atoms. The zero-order valence-corrected chi connectivity index (χ0v) is 18.9. The summed E-state index contributed by atoms with van der Waals surface area (Å²) >= 11 is 0. The quantitative estimate of drug-likeness (QED) is 0.404. The van der Waals surface area contributed by atoms with Crippen LogP contribution in [0.15, 0.2) is 59.4 Å². The van der Waals surface area contributed by atoms with Gasteiger partial charge in [0.15, 0.2) is 5.60 Å². The van der Waals surface area contributed by atoms with Gasteiger partial charge in [-0.2, -0.15) is 0 Å². The van der Waals surface area contributed by atoms with Crippen molar-refractivity contribution in [3.8, 4) is 22.5 Å². The first kappa shape index (κ1) is 20.6. The lowest BCUT2D eigenvalue weighted by atomic mass is 9.86. The van der Waals surface area contributed by atoms with Crippen LogP contribution in [-0.4, -0.2) is 27.7 Å². The van der Waals surface area contributed by atoms with Crippen LogP contribution in [0.2, 0.25) is 0 Å². The number of esters is 1. The number of aromatic nitrogens is 2. The number of carbonyl (C=O) groups excluding carboxylic acids is 1. The number of nitrogens with one attached hydrogen (secondary N) is 1. The molecule has 0 fully saturated rings. The van der Waals surface area contributed by atoms with E-state index in [2.05, 4.69) is 17.4 Å². The topological polar surface area (TPSA) is 93.5 Å². The fraction of sp³-hybridized carbons (Fsp3) is 0.222. The Labute approximate surface area is 195 Å². The molecule has 0 saturated carbocycles. The van der Waals surface area contributed by atoms with E-state index in [0.29, 0.717) is 29.1 Å². The molecule has 2 aromatic heterocycles. The van der Waals surface area contributed by atoms with Crippen LogP contribution in [0.5, 0.6) is 0 Å². The van der Waals surface area contributed by atoms with E-state index < -0.39 is 11.6 Å². The average Bonchev–Trinajstić information content (AvgIpc) is 3.23. The number of ether oxygens (including phenoxy) is 1. The second kappa shape index (κ2) is 7.27. The highest BCUT2D eigenvalue weighted by Crippen LogP contribution is 2.43. The summed E-state index contributed by atoms with van der Waals surface area (Å²) in [7, 11) is 1.88. The number of para-hydroxylation sites is 1. The Kier molecular flexibility index (Phi) is 4.41. The minimum Gasteiger partial charge on any atom is -0.458 e. The van der Waals surface area contributed by atoms with Crippen molar-refractivity contribution in [1.29, 1.82) is 0 Å². The summed E-state index contributed by atoms with van der Waals surface area (Å²) < 4.78 is 6.86. The van der Waals surface area contributed by atoms with Gasteiger partial charge in [0.2, 0.25) is 0 Å². The van der Waals surface area contributed by atoms with E-state index in [4.69, 9.17) is 9.72 Å². The standard InChI is InChI=1S/C27H23N3O4/c1-3-27(33)20-12-22-24-18(13-30(22)25(31)19(20)14-34-26(27)32)23(15-8-10-16(28-2)11-9-15)17-6-4-5-7-21(17)29-24/h4-12,28,33H,3,13-14H2,1-2H3/t27-/m0/s1. The molecule has 0 amide bonds. The maximum atomic E-state index is 13.5. The number of hydrogen-bond donors (Lipinski definition) is 2. The van der Waals surface area contributed by atoms with Crippen molar-refractivity contribution in [3.05, 3.63) is 81.6 Å². The molecule has 34 heavy (non-hydrogen) atoms. The van der Waals surface area contributed by atoms with E-state index in [1.807, 2.05) is 43.4 Å². The van der Waals surface area contributed by atoms with Crippen molar-refractivity contribution < 1.29 is 14.6 Å². The Balaban J connectivity index is 1.66. The minimum atomic E-state index is -1.84. The second-order valence-corrected chi connectivity index (χ2v) is 8.76. The first-order chi connectivity index (χ1) is 16.5. The van der Waals surface area contributed by atoms with Crippen molar-refractivity contribution in [2.75, 3.05) is 12.4 Å². The Morgan fingerprint density at radius 1 is 1.12 bits per heavy atom. The second-order valence-electron chi connectivity index (χ2n) is 8.76. The largest absolute Gasteiger partial charge is 0.458 e. The molecule has 7 nitrogen and oxygen atoms in total. The molecule has 2 aliphatic rings. The summed E-state index contributed by atoms with van der Waals surface area (Å²) in [6, 6.07) is 17.9. The normalized spacial score (nSPS) is 18.3. The van der Waals surface area contributed by atoms with Crippen molar-refractivity contribution in [3.63, 3.8) is 0 Å². The van der Waals surface area contributed by atoms with Gasteiger partial charge in [-0.05, 0) is 41.8 Å². The number of pyridine rings is 2. The molecule has 0 aliphatic carbocycles. The van der Waals surface area contributed by atoms with Gasteiger partial charge in [-0.15, -0.1) is 0 Å². The lowest BCUT2D eigenvalue weighted by molar-refractivity contribution is -0.172. The van der Waals surface area contributed by atoms with Crippen LogP contribution in [0.4, 0.5) is 5.69 Å². The van der Waals surface area contributed by atoms with E-state index in [0.717, 1.165) is 33.3 Å². The molecule has 0 saturated heterocycles. The Bertz CT molecular complexity index is 1560. The van der Waals surface area contributed by atoms with Crippen LogP contribution < -0.4 is 10.9 Å². The average molecular weight is 453 g/mol. The molecule has 1 atom stereocenters. The smallest absolute Gasteiger partial charge is 0.343 e. The first-order valence-corrected chi connectivity index (χ1v) is 11.3. The lowest BCUT2D eigenvalue weighted by Crippen LogP contribution is -2.44. The Hall–Kier alpha value is -3.97. The van der Waals surface area contributed by atoms with Crippen molar-refractivity contribution in [2.24, 2.45) is 0 Å². The van der Waals surface area contributed by atoms with Crippen molar-refractivity contribution in [1.82, 2.24) is 9.55 Å². The van der Waals surface area contributed by atoms with Gasteiger partial charge in [0.25, 0.3) is 5.56 Å². The highest BCUT2D eigenvalue weighted by molar-refractivity contribution is 6.00. The summed E-state index contributed by atoms with van der Waals surface area (Å²) in [5, 5.41) is 15.3. The molecule has 170 valence electrons. The van der Waals surface area contributed by atoms with Gasteiger partial charge in [0, 0.05) is 29.2 Å². The number of carbonyl (C=O) groups is 1. The van der Waals surface area contributed by atoms with Crippen LogP contribution in [0, 0.1) is 0 Å². The Morgan fingerprint density at radius 3 is 2.62 bits per heavy atom. The lowest BCUT2D eigenvalue weighted by Gasteiger charge is -2.31. The molecule has 6 rings (SSSR count). The molecular formula is C27H23N3O4. The maximum Gasteiger partial charge on any atom is 0.343 e. The molecular weight excluding hydrogens is 430 g/mol. The number of anilines is 1. The molecule has 4 heterocycles. The molecule has 0 radical (unpaired) electrons. The number of nitrogens with zero attached hydrogens (tertiary/aromatic N) is 2. The number of cyclic esters (lactones) is 1. The van der Waals surface area contributed by atoms with Gasteiger partial charge >= 0.3 is 5.97 Å². The van der Waals surface area contributed by atoms with Gasteiger partial charge in [-0.1, -0.05) is 37.3 Å². The number of aliphatic hydroxyl groups is 1. The highest BCUT2D eigenvalue weighted by Gasteiger charge is 2.45. The monoisotopic (exact) mass is 453 g/mol. The predicted octanol–water partition coefficient (Wildman–Crippen LogP) is 3.79. The summed E-state index contributed by atoms with van der Waals surface area (Å²) in [5.74, 6) is -0.721. The van der Waals surface area contributed by atoms with E-state index in [-0.39, 0.29) is 18.6 Å². The number of fused-ring (bicyclic) bond motifs is 5. The van der Waals surface area contributed by atoms with Crippen LogP contribution >= 0.6 is 0 Å². The molecule has 2 N–H and O–H groups in total. The molecule has 0 spiro atoms. The minimum absolute atomic E-state index is 0.114. The molecule has 2 aliphatic heterocycles. The fourth-order valence-corrected chi connectivity index (χ4v) is 5.16. The van der Waals surface area contributed by atoms with Crippen LogP contribution in [0.3, 0.4) is 0 Å². The number of benzene rings is 2. The summed E-state index contributed by atoms with van der Waals surface area (Å²) in [6.07, 6.45) is 0.114. The van der Waals surface area contributed by atoms with Gasteiger partial charge in [-0.3, -0.25) is 4.79 Å². The number of hydrogen-bond acceptors (Lipinski definition) is 6. The van der Waals surface area contributed by atoms with E-state index in [1.165, 1.54) is 0 Å². The van der Waals surface area contributed by atoms with E-state index in [9.17, 15) is 14.7 Å². The zero-order chi connectivity index (χ0) is 23.6. The molecule has 0 unspecified atom stereocenters. The SMILES string of the molecule is CC[C@@]1(O)C(=O)OCc2c1cc1n(c2=O)Cc2c-1nc1ccccc1c2-c1ccc(NC)cc1. The zero-order valence-electron chi connectivity index (χ0n) is 18.9. The van der Waals surface area contributed by atoms with Crippen molar-refractivity contribution in [2.45, 2.75) is 32.1 Å². The summed E-state index contributed by atoms with van der Waals surface area (Å²) in [5.41, 5.74) is 4.69. The van der Waals surface area contributed by atoms with Crippen molar-refractivity contribution >= 4 is 22.6 Å². The third-order valence-corrected chi connectivity index (χ3v) is 7.06. The predicted molar refractivity (Wildman–Crippen MR) is 130 cm³/mol. The van der Waals surface area contributed by atoms with Gasteiger partial charge < -0.3 is 19.7 Å². The molecule has 2 aromatic carbocycles. The highest BCUT2D eigenvalue weighted by atomic mass is 16.6. The van der Waals surface area contributed by atoms with E-state index >= 15 is 0 Å². The third-order valence-electron chi connectivity index (χ3n) is 7.06. The third kappa shape index (κ3) is 2.70. The van der Waals surface area contributed by atoms with Gasteiger partial charge in [-0.25, -0.2) is 9.78 Å². The number of rotatable bonds is 3. The van der Waals surface area contributed by atoms with Gasteiger partial charge in [0.05, 0.1) is 29.0 Å². The van der Waals surface area contributed by atoms with E-state index in [1.54, 1.807) is 17.6 Å². The first-order valence-electron chi connectivity index (χ1n) is 11.3. The van der Waals surface area contributed by atoms with Crippen LogP contribution in [-0.2, 0) is 28.3 Å². The van der Waals surface area contributed by atoms with Gasteiger partial charge in [0.1, 0.15) is 6.61 Å². The maximum absolute atomic E-state index is 13.5. The Morgan fingerprint density at radius 2 is 1.88 bits per heavy atom. The summed E-state index contributed by atoms with van der Waals surface area (Å²) in [6.45, 7) is 1.92. The van der Waals surface area contributed by atoms with Crippen LogP contribution in [0.1, 0.15) is 30.0 Å². The summed E-state index contributed by atoms with van der Waals surface area (Å²) in [4.78, 5) is 30.9. The van der Waals surface area contributed by atoms with Crippen LogP contribution in [0.25, 0.3) is 33.4 Å². The molecule has 4 aromatic rings.